The summed E-state index contributed by atoms with van der Waals surface area (Å²) in [6.07, 6.45) is 0.819. The third-order valence-electron chi connectivity index (χ3n) is 3.61. The molecular weight excluding hydrogens is 320 g/mol. The summed E-state index contributed by atoms with van der Waals surface area (Å²) in [5, 5.41) is 1.09. The van der Waals surface area contributed by atoms with E-state index in [0.717, 1.165) is 20.9 Å². The van der Waals surface area contributed by atoms with Gasteiger partial charge in [-0.3, -0.25) is 0 Å². The summed E-state index contributed by atoms with van der Waals surface area (Å²) in [6, 6.07) is 2.25. The first kappa shape index (κ1) is 14.7. The second kappa shape index (κ2) is 5.73. The highest BCUT2D eigenvalue weighted by atomic mass is 79.9. The minimum Gasteiger partial charge on any atom is -0.330 e. The van der Waals surface area contributed by atoms with Gasteiger partial charge in [0.2, 0.25) is 0 Å². The van der Waals surface area contributed by atoms with Crippen LogP contribution in [0.1, 0.15) is 27.9 Å². The second-order valence-corrected chi connectivity index (χ2v) is 7.23. The number of benzene rings is 1. The highest BCUT2D eigenvalue weighted by molar-refractivity contribution is 9.11. The van der Waals surface area contributed by atoms with Gasteiger partial charge in [-0.2, -0.15) is 0 Å². The minimum absolute atomic E-state index is 0.632. The maximum Gasteiger partial charge on any atom is 0.125 e. The van der Waals surface area contributed by atoms with Crippen molar-refractivity contribution in [3.05, 3.63) is 37.8 Å². The van der Waals surface area contributed by atoms with Crippen molar-refractivity contribution in [3.63, 3.8) is 0 Å². The van der Waals surface area contributed by atoms with Crippen LogP contribution in [0.15, 0.2) is 9.85 Å². The smallest absolute Gasteiger partial charge is 0.125 e. The molecule has 0 saturated heterocycles. The number of hydrogen-bond donors (Lipinski definition) is 1. The van der Waals surface area contributed by atoms with E-state index in [-0.39, 0.29) is 0 Å². The molecule has 4 heteroatoms. The highest BCUT2D eigenvalue weighted by Gasteiger charge is 2.16. The Kier molecular flexibility index (Phi) is 4.43. The number of aromatic nitrogens is 1. The number of nitrogens with zero attached hydrogens (tertiary/aromatic N) is 1. The number of thiazole rings is 1. The number of rotatable bonds is 3. The Morgan fingerprint density at radius 1 is 1.16 bits per heavy atom. The second-order valence-electron chi connectivity index (χ2n) is 4.91. The fraction of sp³-hybridized carbons (Fsp3) is 0.400. The molecule has 0 saturated carbocycles. The van der Waals surface area contributed by atoms with E-state index in [1.54, 1.807) is 11.3 Å². The molecule has 2 nitrogen and oxygen atoms in total. The van der Waals surface area contributed by atoms with Gasteiger partial charge in [0, 0.05) is 12.0 Å². The zero-order valence-corrected chi connectivity index (χ0v) is 14.2. The zero-order chi connectivity index (χ0) is 14.2. The number of nitrogens with two attached hydrogens (primary N) is 1. The summed E-state index contributed by atoms with van der Waals surface area (Å²) in [5.74, 6) is 0. The van der Waals surface area contributed by atoms with E-state index in [9.17, 15) is 0 Å². The van der Waals surface area contributed by atoms with Gasteiger partial charge in [-0.15, -0.1) is 11.3 Å². The molecule has 1 heterocycles. The van der Waals surface area contributed by atoms with Crippen LogP contribution in [0, 0.1) is 27.7 Å². The Hall–Kier alpha value is -0.710. The van der Waals surface area contributed by atoms with Gasteiger partial charge in [0.25, 0.3) is 0 Å². The van der Waals surface area contributed by atoms with Gasteiger partial charge in [-0.05, 0) is 72.4 Å². The molecule has 0 radical (unpaired) electrons. The topological polar surface area (TPSA) is 38.9 Å². The highest BCUT2D eigenvalue weighted by Crippen LogP contribution is 2.37. The van der Waals surface area contributed by atoms with Crippen LogP contribution in [0.25, 0.3) is 10.6 Å². The molecule has 1 aromatic heterocycles. The van der Waals surface area contributed by atoms with Crippen molar-refractivity contribution in [1.29, 1.82) is 0 Å². The normalized spacial score (nSPS) is 11.1. The van der Waals surface area contributed by atoms with Crippen molar-refractivity contribution in [3.8, 4) is 10.6 Å². The number of hydrogen-bond acceptors (Lipinski definition) is 3. The Labute approximate surface area is 127 Å². The lowest BCUT2D eigenvalue weighted by atomic mass is 9.94. The molecule has 0 unspecified atom stereocenters. The molecule has 102 valence electrons. The van der Waals surface area contributed by atoms with Crippen molar-refractivity contribution in [2.75, 3.05) is 6.54 Å². The van der Waals surface area contributed by atoms with Crippen LogP contribution in [-0.4, -0.2) is 11.5 Å². The molecule has 0 aliphatic rings. The lowest BCUT2D eigenvalue weighted by molar-refractivity contribution is 0.931. The van der Waals surface area contributed by atoms with Crippen molar-refractivity contribution < 1.29 is 0 Å². The van der Waals surface area contributed by atoms with Crippen LogP contribution in [0.5, 0.6) is 0 Å². The molecule has 0 spiro atoms. The fourth-order valence-electron chi connectivity index (χ4n) is 2.27. The maximum absolute atomic E-state index is 5.63. The molecule has 2 aromatic rings. The Morgan fingerprint density at radius 3 is 2.26 bits per heavy atom. The quantitative estimate of drug-likeness (QED) is 0.905. The predicted molar refractivity (Wildman–Crippen MR) is 87.0 cm³/mol. The van der Waals surface area contributed by atoms with E-state index >= 15 is 0 Å². The van der Waals surface area contributed by atoms with Crippen molar-refractivity contribution in [1.82, 2.24) is 4.98 Å². The van der Waals surface area contributed by atoms with Crippen LogP contribution in [0.3, 0.4) is 0 Å². The third kappa shape index (κ3) is 2.76. The zero-order valence-electron chi connectivity index (χ0n) is 11.8. The predicted octanol–water partition coefficient (Wildman–Crippen LogP) is 4.31. The van der Waals surface area contributed by atoms with Gasteiger partial charge in [-0.1, -0.05) is 6.07 Å². The van der Waals surface area contributed by atoms with Crippen LogP contribution < -0.4 is 5.73 Å². The van der Waals surface area contributed by atoms with E-state index in [1.807, 2.05) is 0 Å². The summed E-state index contributed by atoms with van der Waals surface area (Å²) in [7, 11) is 0. The van der Waals surface area contributed by atoms with E-state index in [1.165, 1.54) is 27.8 Å². The van der Waals surface area contributed by atoms with Gasteiger partial charge in [-0.25, -0.2) is 4.98 Å². The van der Waals surface area contributed by atoms with Crippen LogP contribution in [-0.2, 0) is 6.42 Å². The molecule has 0 bridgehead atoms. The summed E-state index contributed by atoms with van der Waals surface area (Å²) in [4.78, 5) is 4.77. The fourth-order valence-corrected chi connectivity index (χ4v) is 4.01. The average molecular weight is 339 g/mol. The molecule has 0 fully saturated rings. The summed E-state index contributed by atoms with van der Waals surface area (Å²) in [6.45, 7) is 9.31. The Balaban J connectivity index is 2.62. The third-order valence-corrected chi connectivity index (χ3v) is 5.46. The molecule has 0 aliphatic heterocycles. The standard InChI is InChI=1S/C15H19BrN2S/c1-8-7-9(2)11(4)13(10(8)3)15-18-12(5-6-17)14(16)19-15/h7H,5-6,17H2,1-4H3. The Morgan fingerprint density at radius 2 is 1.74 bits per heavy atom. The number of halogens is 1. The van der Waals surface area contributed by atoms with Gasteiger partial charge < -0.3 is 5.73 Å². The minimum atomic E-state index is 0.632. The first-order valence-corrected chi connectivity index (χ1v) is 7.99. The largest absolute Gasteiger partial charge is 0.330 e. The Bertz CT molecular complexity index is 591. The lowest BCUT2D eigenvalue weighted by Crippen LogP contribution is -2.03. The molecule has 0 amide bonds. The van der Waals surface area contributed by atoms with E-state index in [0.29, 0.717) is 6.54 Å². The molecule has 2 N–H and O–H groups in total. The van der Waals surface area contributed by atoms with Gasteiger partial charge in [0.15, 0.2) is 0 Å². The SMILES string of the molecule is Cc1cc(C)c(C)c(-c2nc(CCN)c(Br)s2)c1C. The van der Waals surface area contributed by atoms with E-state index < -0.39 is 0 Å². The molecular formula is C15H19BrN2S. The van der Waals surface area contributed by atoms with Gasteiger partial charge in [0.1, 0.15) is 5.01 Å². The van der Waals surface area contributed by atoms with Crippen LogP contribution in [0.2, 0.25) is 0 Å². The summed E-state index contributed by atoms with van der Waals surface area (Å²) < 4.78 is 1.10. The maximum atomic E-state index is 5.63. The number of aryl methyl sites for hydroxylation is 2. The van der Waals surface area contributed by atoms with Crippen LogP contribution >= 0.6 is 27.3 Å². The first-order chi connectivity index (χ1) is 8.95. The molecule has 2 rings (SSSR count). The van der Waals surface area contributed by atoms with Gasteiger partial charge >= 0.3 is 0 Å². The van der Waals surface area contributed by atoms with Crippen molar-refractivity contribution >= 4 is 27.3 Å². The van der Waals surface area contributed by atoms with E-state index in [2.05, 4.69) is 49.7 Å². The summed E-state index contributed by atoms with van der Waals surface area (Å²) in [5.41, 5.74) is 13.3. The monoisotopic (exact) mass is 338 g/mol. The lowest BCUT2D eigenvalue weighted by Gasteiger charge is -2.13. The summed E-state index contributed by atoms with van der Waals surface area (Å²) >= 11 is 5.31. The van der Waals surface area contributed by atoms with E-state index in [4.69, 9.17) is 10.7 Å². The molecule has 19 heavy (non-hydrogen) atoms. The molecule has 0 atom stereocenters. The molecule has 0 aliphatic carbocycles. The first-order valence-electron chi connectivity index (χ1n) is 6.38. The van der Waals surface area contributed by atoms with Gasteiger partial charge in [0.05, 0.1) is 9.48 Å². The van der Waals surface area contributed by atoms with Crippen molar-refractivity contribution in [2.24, 2.45) is 5.73 Å². The van der Waals surface area contributed by atoms with Crippen molar-refractivity contribution in [2.45, 2.75) is 34.1 Å². The van der Waals surface area contributed by atoms with Crippen LogP contribution in [0.4, 0.5) is 0 Å². The molecule has 1 aromatic carbocycles. The average Bonchev–Trinajstić information content (AvgIpc) is 2.69.